The number of fused-ring (bicyclic) bond motifs is 1. The normalized spacial score (nSPS) is 16.4. The first kappa shape index (κ1) is 21.9. The fourth-order valence-corrected chi connectivity index (χ4v) is 5.12. The Hall–Kier alpha value is -2.27. The molecule has 0 spiro atoms. The summed E-state index contributed by atoms with van der Waals surface area (Å²) in [5.74, 6) is -0.0851. The molecule has 4 rings (SSSR count). The summed E-state index contributed by atoms with van der Waals surface area (Å²) in [5, 5.41) is 10.2. The van der Waals surface area contributed by atoms with Crippen molar-refractivity contribution in [3.05, 3.63) is 85.0 Å². The maximum atomic E-state index is 13.3. The Bertz CT molecular complexity index is 1250. The van der Waals surface area contributed by atoms with Gasteiger partial charge < -0.3 is 9.52 Å². The maximum Gasteiger partial charge on any atom is 0.416 e. The number of alkyl halides is 3. The molecule has 160 valence electrons. The zero-order valence-corrected chi connectivity index (χ0v) is 19.0. The summed E-state index contributed by atoms with van der Waals surface area (Å²) in [6, 6.07) is 12.4. The minimum absolute atomic E-state index is 0.0994. The maximum absolute atomic E-state index is 13.3. The number of nitrogens with zero attached hydrogens (tertiary/aromatic N) is 1. The molecule has 31 heavy (non-hydrogen) atoms. The van der Waals surface area contributed by atoms with Gasteiger partial charge in [0.05, 0.1) is 17.0 Å². The van der Waals surface area contributed by atoms with Gasteiger partial charge in [-0.05, 0) is 65.4 Å². The molecule has 1 aliphatic rings. The molecule has 2 aromatic carbocycles. The van der Waals surface area contributed by atoms with Crippen molar-refractivity contribution in [3.63, 3.8) is 0 Å². The Morgan fingerprint density at radius 3 is 2.65 bits per heavy atom. The first-order valence-electron chi connectivity index (χ1n) is 9.17. The van der Waals surface area contributed by atoms with Crippen LogP contribution < -0.4 is 5.63 Å². The average Bonchev–Trinajstić information content (AvgIpc) is 2.85. The van der Waals surface area contributed by atoms with Gasteiger partial charge in [0.1, 0.15) is 17.1 Å². The number of aryl methyl sites for hydroxylation is 1. The zero-order chi connectivity index (χ0) is 22.3. The van der Waals surface area contributed by atoms with E-state index >= 15 is 0 Å². The van der Waals surface area contributed by atoms with Gasteiger partial charge in [-0.15, -0.1) is 11.8 Å². The molecule has 2 heterocycles. The fourth-order valence-electron chi connectivity index (χ4n) is 3.35. The Kier molecular flexibility index (Phi) is 5.91. The van der Waals surface area contributed by atoms with E-state index in [-0.39, 0.29) is 40.1 Å². The molecule has 0 saturated heterocycles. The molecule has 4 nitrogen and oxygen atoms in total. The van der Waals surface area contributed by atoms with E-state index in [1.165, 1.54) is 30.8 Å². The fraction of sp³-hybridized carbons (Fsp3) is 0.182. The highest BCUT2D eigenvalue weighted by molar-refractivity contribution is 14.1. The van der Waals surface area contributed by atoms with Crippen molar-refractivity contribution in [1.82, 2.24) is 0 Å². The lowest BCUT2D eigenvalue weighted by Gasteiger charge is -2.17. The summed E-state index contributed by atoms with van der Waals surface area (Å²) >= 11 is 3.56. The second kappa shape index (κ2) is 8.34. The highest BCUT2D eigenvalue weighted by Gasteiger charge is 2.33. The van der Waals surface area contributed by atoms with E-state index in [0.717, 1.165) is 21.3 Å². The molecule has 1 aromatic heterocycles. The summed E-state index contributed by atoms with van der Waals surface area (Å²) in [4.78, 5) is 17.5. The summed E-state index contributed by atoms with van der Waals surface area (Å²) in [5.41, 5.74) is -0.524. The zero-order valence-electron chi connectivity index (χ0n) is 16.0. The Morgan fingerprint density at radius 1 is 1.19 bits per heavy atom. The monoisotopic (exact) mass is 557 g/mol. The lowest BCUT2D eigenvalue weighted by Crippen LogP contribution is -2.17. The molecule has 0 aliphatic carbocycles. The molecule has 0 unspecified atom stereocenters. The molecule has 1 atom stereocenters. The van der Waals surface area contributed by atoms with E-state index in [1.54, 1.807) is 0 Å². The lowest BCUT2D eigenvalue weighted by atomic mass is 10.0. The number of aliphatic imine (C=N–C) groups is 1. The van der Waals surface area contributed by atoms with Crippen molar-refractivity contribution in [2.45, 2.75) is 29.7 Å². The topological polar surface area (TPSA) is 62.8 Å². The molecule has 1 N–H and O–H groups in total. The Balaban J connectivity index is 1.92. The van der Waals surface area contributed by atoms with Crippen molar-refractivity contribution < 1.29 is 22.7 Å². The first-order valence-corrected chi connectivity index (χ1v) is 11.1. The Labute approximate surface area is 193 Å². The highest BCUT2D eigenvalue weighted by atomic mass is 127. The smallest absolute Gasteiger partial charge is 0.416 e. The second-order valence-corrected chi connectivity index (χ2v) is 9.50. The number of thioether (sulfide) groups is 1. The predicted octanol–water partition coefficient (Wildman–Crippen LogP) is 6.64. The number of halogens is 4. The van der Waals surface area contributed by atoms with Gasteiger partial charge in [-0.3, -0.25) is 4.99 Å². The second-order valence-electron chi connectivity index (χ2n) is 7.01. The van der Waals surface area contributed by atoms with Crippen LogP contribution in [0.25, 0.3) is 0 Å². The molecule has 0 radical (unpaired) electrons. The third kappa shape index (κ3) is 4.67. The van der Waals surface area contributed by atoms with Gasteiger partial charge in [-0.1, -0.05) is 12.1 Å². The SMILES string of the molecule is Cc1cc(O)c(C2=Nc3cc(C(F)(F)F)ccc3S[C@@H](c3cccc(I)c3)C2)c(=O)o1. The lowest BCUT2D eigenvalue weighted by molar-refractivity contribution is -0.137. The number of hydrogen-bond donors (Lipinski definition) is 1. The van der Waals surface area contributed by atoms with E-state index < -0.39 is 17.4 Å². The minimum atomic E-state index is -4.53. The van der Waals surface area contributed by atoms with Gasteiger partial charge in [-0.2, -0.15) is 13.2 Å². The molecular weight excluding hydrogens is 542 g/mol. The van der Waals surface area contributed by atoms with Gasteiger partial charge in [-0.25, -0.2) is 4.79 Å². The molecule has 9 heteroatoms. The molecule has 1 aliphatic heterocycles. The minimum Gasteiger partial charge on any atom is -0.507 e. The largest absolute Gasteiger partial charge is 0.507 e. The van der Waals surface area contributed by atoms with Gasteiger partial charge in [0, 0.05) is 26.2 Å². The molecule has 0 fully saturated rings. The Morgan fingerprint density at radius 2 is 1.97 bits per heavy atom. The molecule has 3 aromatic rings. The number of rotatable bonds is 2. The van der Waals surface area contributed by atoms with Crippen LogP contribution in [0.2, 0.25) is 0 Å². The molecule has 0 saturated carbocycles. The van der Waals surface area contributed by atoms with Crippen LogP contribution >= 0.6 is 34.4 Å². The van der Waals surface area contributed by atoms with Crippen molar-refractivity contribution >= 4 is 45.8 Å². The predicted molar refractivity (Wildman–Crippen MR) is 121 cm³/mol. The van der Waals surface area contributed by atoms with Crippen LogP contribution in [-0.2, 0) is 6.18 Å². The molecule has 0 amide bonds. The number of hydrogen-bond acceptors (Lipinski definition) is 5. The van der Waals surface area contributed by atoms with E-state index in [1.807, 2.05) is 24.3 Å². The van der Waals surface area contributed by atoms with Crippen LogP contribution in [0.3, 0.4) is 0 Å². The van der Waals surface area contributed by atoms with Crippen molar-refractivity contribution in [3.8, 4) is 5.75 Å². The van der Waals surface area contributed by atoms with Gasteiger partial charge in [0.25, 0.3) is 0 Å². The van der Waals surface area contributed by atoms with Gasteiger partial charge in [0.15, 0.2) is 0 Å². The van der Waals surface area contributed by atoms with Crippen molar-refractivity contribution in [2.24, 2.45) is 4.99 Å². The third-order valence-corrected chi connectivity index (χ3v) is 6.75. The van der Waals surface area contributed by atoms with E-state index in [9.17, 15) is 23.1 Å². The number of aromatic hydroxyl groups is 1. The van der Waals surface area contributed by atoms with Crippen molar-refractivity contribution in [2.75, 3.05) is 0 Å². The van der Waals surface area contributed by atoms with Gasteiger partial charge in [0.2, 0.25) is 0 Å². The number of benzene rings is 2. The van der Waals surface area contributed by atoms with E-state index in [4.69, 9.17) is 4.42 Å². The summed E-state index contributed by atoms with van der Waals surface area (Å²) < 4.78 is 46.0. The van der Waals surface area contributed by atoms with E-state index in [0.29, 0.717) is 4.90 Å². The summed E-state index contributed by atoms with van der Waals surface area (Å²) in [6.45, 7) is 1.52. The highest BCUT2D eigenvalue weighted by Crippen LogP contribution is 2.47. The summed E-state index contributed by atoms with van der Waals surface area (Å²) in [6.07, 6.45) is -4.30. The summed E-state index contributed by atoms with van der Waals surface area (Å²) in [7, 11) is 0. The molecular formula is C22H15F3INO3S. The molecule has 0 bridgehead atoms. The quantitative estimate of drug-likeness (QED) is 0.359. The first-order chi connectivity index (χ1) is 14.6. The van der Waals surface area contributed by atoms with E-state index in [2.05, 4.69) is 27.6 Å². The van der Waals surface area contributed by atoms with Gasteiger partial charge >= 0.3 is 11.8 Å². The van der Waals surface area contributed by atoms with Crippen LogP contribution in [0.5, 0.6) is 5.75 Å². The van der Waals surface area contributed by atoms with Crippen LogP contribution in [0.4, 0.5) is 18.9 Å². The van der Waals surface area contributed by atoms with Crippen LogP contribution in [0.15, 0.2) is 67.6 Å². The average molecular weight is 557 g/mol. The van der Waals surface area contributed by atoms with Crippen molar-refractivity contribution in [1.29, 1.82) is 0 Å². The van der Waals surface area contributed by atoms with Crippen LogP contribution in [0, 0.1) is 10.5 Å². The third-order valence-electron chi connectivity index (χ3n) is 4.75. The van der Waals surface area contributed by atoms with Crippen LogP contribution in [0.1, 0.15) is 34.1 Å². The standard InChI is InChI=1S/C22H15F3INO3S/c1-11-7-17(28)20(21(29)30-11)16-10-19(12-3-2-4-14(26)8-12)31-18-6-5-13(22(23,24)25)9-15(18)27-16/h2-9,19,28H,10H2,1H3/t19-/m1/s1. The van der Waals surface area contributed by atoms with Crippen LogP contribution in [-0.4, -0.2) is 10.8 Å².